The van der Waals surface area contributed by atoms with Gasteiger partial charge in [0, 0.05) is 32.5 Å². The standard InChI is InChI=1S/C33H43FN4O5S2/c1-2-3-6-24-18-25-17-23(9-10-31(39)40)19-29(32(25)35-21-24)45(42,43)37-27(20-30-36-26-7-4-5-8-28(26)44-30)33(41)38-15-12-22(11-14-34)13-16-38/h4-5,7-8,17,19,22,24,27,35,37H,2-3,6,9-16,18,20-21H2,1H3,(H,39,40). The third-order valence-electron chi connectivity index (χ3n) is 8.96. The van der Waals surface area contributed by atoms with Crippen molar-refractivity contribution in [1.29, 1.82) is 0 Å². The minimum atomic E-state index is -4.23. The third-order valence-corrected chi connectivity index (χ3v) is 11.5. The zero-order valence-corrected chi connectivity index (χ0v) is 27.4. The van der Waals surface area contributed by atoms with E-state index in [-0.39, 0.29) is 42.7 Å². The lowest BCUT2D eigenvalue weighted by Crippen LogP contribution is -2.51. The Balaban J connectivity index is 1.46. The van der Waals surface area contributed by atoms with Gasteiger partial charge in [-0.15, -0.1) is 11.3 Å². The number of nitrogens with zero attached hydrogens (tertiary/aromatic N) is 2. The van der Waals surface area contributed by atoms with Crippen LogP contribution in [0.3, 0.4) is 0 Å². The van der Waals surface area contributed by atoms with Crippen molar-refractivity contribution in [2.45, 2.75) is 82.1 Å². The highest BCUT2D eigenvalue weighted by Crippen LogP contribution is 2.35. The summed E-state index contributed by atoms with van der Waals surface area (Å²) < 4.78 is 45.2. The van der Waals surface area contributed by atoms with Crippen LogP contribution >= 0.6 is 11.3 Å². The minimum absolute atomic E-state index is 0.0399. The second-order valence-electron chi connectivity index (χ2n) is 12.3. The number of carbonyl (C=O) groups is 2. The van der Waals surface area contributed by atoms with Gasteiger partial charge in [-0.3, -0.25) is 14.0 Å². The van der Waals surface area contributed by atoms with Gasteiger partial charge in [0.15, 0.2) is 0 Å². The largest absolute Gasteiger partial charge is 0.481 e. The predicted molar refractivity (Wildman–Crippen MR) is 175 cm³/mol. The van der Waals surface area contributed by atoms with Crippen LogP contribution in [0.5, 0.6) is 0 Å². The van der Waals surface area contributed by atoms with E-state index in [1.807, 2.05) is 30.3 Å². The number of para-hydroxylation sites is 1. The fraction of sp³-hybridized carbons (Fsp3) is 0.545. The molecule has 0 saturated carbocycles. The molecule has 3 N–H and O–H groups in total. The van der Waals surface area contributed by atoms with Crippen molar-refractivity contribution in [3.8, 4) is 0 Å². The van der Waals surface area contributed by atoms with Crippen LogP contribution in [0, 0.1) is 11.8 Å². The van der Waals surface area contributed by atoms with Gasteiger partial charge in [-0.1, -0.05) is 38.0 Å². The van der Waals surface area contributed by atoms with Gasteiger partial charge in [-0.25, -0.2) is 13.4 Å². The van der Waals surface area contributed by atoms with E-state index >= 15 is 0 Å². The van der Waals surface area contributed by atoms with E-state index in [9.17, 15) is 27.5 Å². The van der Waals surface area contributed by atoms with Gasteiger partial charge >= 0.3 is 5.97 Å². The number of benzene rings is 2. The van der Waals surface area contributed by atoms with Crippen LogP contribution in [0.4, 0.5) is 10.1 Å². The number of anilines is 1. The highest BCUT2D eigenvalue weighted by molar-refractivity contribution is 7.89. The fourth-order valence-corrected chi connectivity index (χ4v) is 8.94. The molecule has 2 aromatic carbocycles. The van der Waals surface area contributed by atoms with E-state index in [1.165, 1.54) is 11.3 Å². The summed E-state index contributed by atoms with van der Waals surface area (Å²) in [7, 11) is -4.23. The summed E-state index contributed by atoms with van der Waals surface area (Å²) in [5.41, 5.74) is 2.81. The Kier molecular flexibility index (Phi) is 11.1. The molecule has 1 amide bonds. The summed E-state index contributed by atoms with van der Waals surface area (Å²) in [6, 6.07) is 10.0. The first-order valence-electron chi connectivity index (χ1n) is 16.0. The minimum Gasteiger partial charge on any atom is -0.481 e. The number of aromatic nitrogens is 1. The summed E-state index contributed by atoms with van der Waals surface area (Å²) in [6.45, 7) is 3.29. The first-order chi connectivity index (χ1) is 21.7. The van der Waals surface area contributed by atoms with Gasteiger partial charge in [-0.05, 0) is 79.7 Å². The van der Waals surface area contributed by atoms with Crippen LogP contribution in [0.15, 0.2) is 41.3 Å². The number of hydrogen-bond donors (Lipinski definition) is 3. The van der Waals surface area contributed by atoms with Gasteiger partial charge in [0.05, 0.1) is 27.6 Å². The first-order valence-corrected chi connectivity index (χ1v) is 18.3. The molecule has 0 aliphatic carbocycles. The Morgan fingerprint density at radius 3 is 2.67 bits per heavy atom. The molecule has 0 spiro atoms. The number of aliphatic carboxylic acids is 1. The fourth-order valence-electron chi connectivity index (χ4n) is 6.46. The lowest BCUT2D eigenvalue weighted by molar-refractivity contribution is -0.137. The number of sulfonamides is 1. The summed E-state index contributed by atoms with van der Waals surface area (Å²) in [5, 5.41) is 13.3. The molecule has 2 atom stereocenters. The lowest BCUT2D eigenvalue weighted by Gasteiger charge is -2.34. The number of nitrogens with one attached hydrogen (secondary N) is 2. The summed E-state index contributed by atoms with van der Waals surface area (Å²) in [5.74, 6) is -0.707. The maximum atomic E-state index is 14.2. The van der Waals surface area contributed by atoms with Gasteiger partial charge in [-0.2, -0.15) is 4.72 Å². The van der Waals surface area contributed by atoms with E-state index in [2.05, 4.69) is 21.9 Å². The van der Waals surface area contributed by atoms with Gasteiger partial charge in [0.25, 0.3) is 0 Å². The molecule has 2 aliphatic heterocycles. The number of halogens is 1. The number of unbranched alkanes of at least 4 members (excludes halogenated alkanes) is 1. The van der Waals surface area contributed by atoms with Gasteiger partial charge in [0.2, 0.25) is 15.9 Å². The number of amides is 1. The molecule has 45 heavy (non-hydrogen) atoms. The maximum absolute atomic E-state index is 14.2. The number of aryl methyl sites for hydroxylation is 1. The zero-order chi connectivity index (χ0) is 32.0. The Morgan fingerprint density at radius 2 is 1.96 bits per heavy atom. The Labute approximate surface area is 268 Å². The second kappa shape index (κ2) is 15.0. The summed E-state index contributed by atoms with van der Waals surface area (Å²) >= 11 is 1.43. The number of fused-ring (bicyclic) bond motifs is 2. The van der Waals surface area contributed by atoms with Crippen LogP contribution in [0.25, 0.3) is 10.2 Å². The first kappa shape index (κ1) is 33.3. The molecule has 3 heterocycles. The SMILES string of the molecule is CCCCC1CNc2c(cc(CCC(=O)O)cc2S(=O)(=O)NC(Cc2nc3ccccc3s2)C(=O)N2CCC(CCF)CC2)C1. The van der Waals surface area contributed by atoms with Crippen molar-refractivity contribution in [2.75, 3.05) is 31.6 Å². The average molecular weight is 659 g/mol. The van der Waals surface area contributed by atoms with Crippen molar-refractivity contribution in [3.05, 3.63) is 52.5 Å². The molecular weight excluding hydrogens is 616 g/mol. The molecule has 1 fully saturated rings. The number of alkyl halides is 1. The molecule has 12 heteroatoms. The zero-order valence-electron chi connectivity index (χ0n) is 25.8. The summed E-state index contributed by atoms with van der Waals surface area (Å²) in [6.07, 6.45) is 5.88. The van der Waals surface area contributed by atoms with Gasteiger partial charge < -0.3 is 15.3 Å². The van der Waals surface area contributed by atoms with Crippen molar-refractivity contribution in [2.24, 2.45) is 11.8 Å². The van der Waals surface area contributed by atoms with E-state index in [1.54, 1.807) is 11.0 Å². The number of rotatable bonds is 14. The average Bonchev–Trinajstić information content (AvgIpc) is 3.44. The Bertz CT molecular complexity index is 1570. The monoisotopic (exact) mass is 658 g/mol. The number of likely N-dealkylation sites (tertiary alicyclic amines) is 1. The Morgan fingerprint density at radius 1 is 1.18 bits per heavy atom. The molecule has 2 unspecified atom stereocenters. The molecule has 5 rings (SSSR count). The van der Waals surface area contributed by atoms with E-state index in [4.69, 9.17) is 0 Å². The van der Waals surface area contributed by atoms with Crippen LogP contribution < -0.4 is 10.0 Å². The van der Waals surface area contributed by atoms with E-state index in [0.717, 1.165) is 35.0 Å². The van der Waals surface area contributed by atoms with Crippen molar-refractivity contribution in [1.82, 2.24) is 14.6 Å². The molecule has 1 saturated heterocycles. The lowest BCUT2D eigenvalue weighted by atomic mass is 9.89. The molecule has 244 valence electrons. The summed E-state index contributed by atoms with van der Waals surface area (Å²) in [4.78, 5) is 31.8. The molecule has 1 aromatic heterocycles. The number of carboxylic acid groups (broad SMARTS) is 1. The Hall–Kier alpha value is -3.09. The number of thiazole rings is 1. The number of piperidine rings is 1. The molecule has 3 aromatic rings. The molecule has 0 radical (unpaired) electrons. The maximum Gasteiger partial charge on any atom is 0.303 e. The van der Waals surface area contributed by atoms with E-state index in [0.29, 0.717) is 67.5 Å². The van der Waals surface area contributed by atoms with Crippen LogP contribution in [-0.2, 0) is 38.9 Å². The molecule has 2 aliphatic rings. The second-order valence-corrected chi connectivity index (χ2v) is 15.1. The van der Waals surface area contributed by atoms with Crippen LogP contribution in [0.1, 0.15) is 68.0 Å². The van der Waals surface area contributed by atoms with Crippen LogP contribution in [0.2, 0.25) is 0 Å². The molecular formula is C33H43FN4O5S2. The van der Waals surface area contributed by atoms with Crippen molar-refractivity contribution < 1.29 is 27.5 Å². The van der Waals surface area contributed by atoms with Crippen LogP contribution in [-0.4, -0.2) is 67.6 Å². The quantitative estimate of drug-likeness (QED) is 0.206. The number of hydrogen-bond acceptors (Lipinski definition) is 7. The topological polar surface area (TPSA) is 129 Å². The third kappa shape index (κ3) is 8.39. The highest BCUT2D eigenvalue weighted by atomic mass is 32.2. The van der Waals surface area contributed by atoms with Gasteiger partial charge in [0.1, 0.15) is 10.9 Å². The predicted octanol–water partition coefficient (Wildman–Crippen LogP) is 5.58. The molecule has 9 nitrogen and oxygen atoms in total. The smallest absolute Gasteiger partial charge is 0.303 e. The highest BCUT2D eigenvalue weighted by Gasteiger charge is 2.35. The number of carbonyl (C=O) groups excluding carboxylic acids is 1. The van der Waals surface area contributed by atoms with E-state index < -0.39 is 22.0 Å². The molecule has 0 bridgehead atoms. The number of carboxylic acids is 1. The normalized spacial score (nSPS) is 18.0. The van der Waals surface area contributed by atoms with Crippen molar-refractivity contribution in [3.63, 3.8) is 0 Å². The van der Waals surface area contributed by atoms with Crippen molar-refractivity contribution >= 4 is 49.1 Å².